The topological polar surface area (TPSA) is 52.3 Å². The van der Waals surface area contributed by atoms with Crippen molar-refractivity contribution < 1.29 is 8.98 Å². The first kappa shape index (κ1) is 12.1. The Kier molecular flexibility index (Phi) is 8.81. The van der Waals surface area contributed by atoms with Crippen molar-refractivity contribution in [3.63, 3.8) is 0 Å². The number of carbonyl (C=O) groups excluding carboxylic acids is 1. The molecule has 0 aliphatic rings. The summed E-state index contributed by atoms with van der Waals surface area (Å²) in [5.41, 5.74) is 5.13. The van der Waals surface area contributed by atoms with Crippen LogP contribution in [0.25, 0.3) is 0 Å². The van der Waals surface area contributed by atoms with E-state index in [2.05, 4.69) is 29.7 Å². The molecule has 0 radical (unpaired) electrons. The molecule has 0 bridgehead atoms. The zero-order chi connectivity index (χ0) is 6.57. The van der Waals surface area contributed by atoms with E-state index in [9.17, 15) is 4.79 Å². The monoisotopic (exact) mass is 189 g/mol. The molecule has 9 heavy (non-hydrogen) atoms. The van der Waals surface area contributed by atoms with Gasteiger partial charge in [0.25, 0.3) is 0 Å². The number of rotatable bonds is 2. The fourth-order valence-corrected chi connectivity index (χ4v) is 0.427. The smallest absolute Gasteiger partial charge is 0.335 e. The van der Waals surface area contributed by atoms with Gasteiger partial charge in [-0.15, -0.1) is 12.4 Å². The highest BCUT2D eigenvalue weighted by Gasteiger charge is 2.10. The molecule has 0 saturated heterocycles. The summed E-state index contributed by atoms with van der Waals surface area (Å²) in [6.45, 7) is 0. The maximum Gasteiger partial charge on any atom is 0.335 e. The lowest BCUT2D eigenvalue weighted by Gasteiger charge is -2.01. The van der Waals surface area contributed by atoms with Crippen molar-refractivity contribution in [1.29, 1.82) is 0 Å². The fraction of sp³-hybridized carbons (Fsp3) is 0.667. The van der Waals surface area contributed by atoms with Crippen molar-refractivity contribution in [3.05, 3.63) is 0 Å². The number of hydrogen-bond acceptors (Lipinski definition) is 5. The Morgan fingerprint density at radius 1 is 1.78 bits per heavy atom. The van der Waals surface area contributed by atoms with Crippen LogP contribution in [0.3, 0.4) is 0 Å². The zero-order valence-electron chi connectivity index (χ0n) is 4.48. The summed E-state index contributed by atoms with van der Waals surface area (Å²) in [5, 5.41) is 0. The minimum absolute atomic E-state index is 0. The Morgan fingerprint density at radius 2 is 2.22 bits per heavy atom. The number of nitrogens with two attached hydrogens (primary N) is 1. The average Bonchev–Trinajstić information content (AvgIpc) is 1.84. The second-order valence-corrected chi connectivity index (χ2v) is 1.75. The highest BCUT2D eigenvalue weighted by Crippen LogP contribution is 1.89. The Hall–Kier alpha value is 0.420. The minimum Gasteiger partial charge on any atom is -0.393 e. The summed E-state index contributed by atoms with van der Waals surface area (Å²) in [5.74, 6) is -0.275. The van der Waals surface area contributed by atoms with E-state index in [-0.39, 0.29) is 18.2 Å². The van der Waals surface area contributed by atoms with Gasteiger partial charge in [0.05, 0.1) is 0 Å². The SMILES string of the molecule is Cl.N[C@@H](CS)C(=O)OS. The summed E-state index contributed by atoms with van der Waals surface area (Å²) in [6.07, 6.45) is 0. The predicted octanol–water partition coefficient (Wildman–Crippen LogP) is 0.0533. The lowest BCUT2D eigenvalue weighted by Crippen LogP contribution is -2.32. The first-order valence-electron chi connectivity index (χ1n) is 1.94. The highest BCUT2D eigenvalue weighted by atomic mass is 35.5. The Morgan fingerprint density at radius 3 is 2.33 bits per heavy atom. The molecule has 0 fully saturated rings. The van der Waals surface area contributed by atoms with Gasteiger partial charge in [0.15, 0.2) is 0 Å². The van der Waals surface area contributed by atoms with E-state index in [0.717, 1.165) is 0 Å². The molecule has 56 valence electrons. The van der Waals surface area contributed by atoms with E-state index in [1.165, 1.54) is 0 Å². The van der Waals surface area contributed by atoms with Crippen LogP contribution in [0.4, 0.5) is 0 Å². The molecule has 0 spiro atoms. The normalized spacial score (nSPS) is 11.4. The third kappa shape index (κ3) is 4.90. The van der Waals surface area contributed by atoms with Gasteiger partial charge in [0.2, 0.25) is 0 Å². The molecular weight excluding hydrogens is 182 g/mol. The van der Waals surface area contributed by atoms with Crippen LogP contribution < -0.4 is 5.73 Å². The molecule has 0 aliphatic heterocycles. The van der Waals surface area contributed by atoms with E-state index >= 15 is 0 Å². The molecule has 1 atom stereocenters. The largest absolute Gasteiger partial charge is 0.393 e. The van der Waals surface area contributed by atoms with Crippen LogP contribution in [0.15, 0.2) is 0 Å². The van der Waals surface area contributed by atoms with E-state index < -0.39 is 12.0 Å². The molecule has 0 unspecified atom stereocenters. The lowest BCUT2D eigenvalue weighted by molar-refractivity contribution is -0.133. The first-order chi connectivity index (χ1) is 3.72. The summed E-state index contributed by atoms with van der Waals surface area (Å²) < 4.78 is 3.98. The van der Waals surface area contributed by atoms with Crippen LogP contribution in [0.2, 0.25) is 0 Å². The molecule has 6 heteroatoms. The van der Waals surface area contributed by atoms with E-state index in [1.807, 2.05) is 0 Å². The quantitative estimate of drug-likeness (QED) is 0.425. The van der Waals surface area contributed by atoms with Gasteiger partial charge in [-0.05, 0) is 0 Å². The van der Waals surface area contributed by atoms with E-state index in [4.69, 9.17) is 5.73 Å². The molecule has 3 nitrogen and oxygen atoms in total. The number of halogens is 1. The third-order valence-electron chi connectivity index (χ3n) is 0.589. The Labute approximate surface area is 70.8 Å². The van der Waals surface area contributed by atoms with Crippen LogP contribution >= 0.6 is 37.9 Å². The summed E-state index contributed by atoms with van der Waals surface area (Å²) in [4.78, 5) is 10.3. The molecule has 2 N–H and O–H groups in total. The lowest BCUT2D eigenvalue weighted by atomic mass is 10.4. The molecule has 0 aliphatic carbocycles. The number of carbonyl (C=O) groups is 1. The molecule has 0 aromatic rings. The minimum atomic E-state index is -0.657. The van der Waals surface area contributed by atoms with Crippen LogP contribution in [0.5, 0.6) is 0 Å². The highest BCUT2D eigenvalue weighted by molar-refractivity contribution is 7.80. The van der Waals surface area contributed by atoms with Crippen LogP contribution in [0, 0.1) is 0 Å². The van der Waals surface area contributed by atoms with Gasteiger partial charge in [-0.3, -0.25) is 0 Å². The number of thiol groups is 2. The molecular formula is C3H8ClNO2S2. The van der Waals surface area contributed by atoms with Crippen molar-refractivity contribution in [2.75, 3.05) is 5.75 Å². The number of hydrogen-bond donors (Lipinski definition) is 3. The Bertz CT molecular complexity index is 91.9. The fourth-order valence-electron chi connectivity index (χ4n) is 0.142. The van der Waals surface area contributed by atoms with Crippen molar-refractivity contribution >= 4 is 43.9 Å². The van der Waals surface area contributed by atoms with E-state index in [1.54, 1.807) is 0 Å². The van der Waals surface area contributed by atoms with E-state index in [0.29, 0.717) is 0 Å². The molecule has 0 heterocycles. The first-order valence-corrected chi connectivity index (χ1v) is 2.93. The third-order valence-corrected chi connectivity index (χ3v) is 1.16. The van der Waals surface area contributed by atoms with Crippen molar-refractivity contribution in [3.8, 4) is 0 Å². The van der Waals surface area contributed by atoms with Crippen LogP contribution in [-0.2, 0) is 8.98 Å². The van der Waals surface area contributed by atoms with Gasteiger partial charge in [0.1, 0.15) is 6.04 Å². The molecule has 0 rings (SSSR count). The van der Waals surface area contributed by atoms with Gasteiger partial charge in [-0.1, -0.05) is 0 Å². The maximum absolute atomic E-state index is 10.3. The van der Waals surface area contributed by atoms with Crippen molar-refractivity contribution in [2.24, 2.45) is 5.73 Å². The summed E-state index contributed by atoms with van der Waals surface area (Å²) >= 11 is 6.99. The summed E-state index contributed by atoms with van der Waals surface area (Å²) in [6, 6.07) is -0.657. The maximum atomic E-state index is 10.3. The summed E-state index contributed by atoms with van der Waals surface area (Å²) in [7, 11) is 0. The van der Waals surface area contributed by atoms with Gasteiger partial charge >= 0.3 is 5.97 Å². The molecule has 0 aromatic carbocycles. The second-order valence-electron chi connectivity index (χ2n) is 1.20. The predicted molar refractivity (Wildman–Crippen MR) is 44.2 cm³/mol. The Balaban J connectivity index is 0. The van der Waals surface area contributed by atoms with Gasteiger partial charge in [0, 0.05) is 18.7 Å². The second kappa shape index (κ2) is 6.54. The van der Waals surface area contributed by atoms with Crippen LogP contribution in [0.1, 0.15) is 0 Å². The molecule has 0 amide bonds. The van der Waals surface area contributed by atoms with Crippen LogP contribution in [-0.4, -0.2) is 17.8 Å². The molecule has 0 saturated carbocycles. The standard InChI is InChI=1S/C3H7NO2S2.ClH/c4-2(1-7)3(5)6-8;/h2,7-8H,1,4H2;1H/t2-;/m0./s1. The average molecular weight is 190 g/mol. The molecule has 0 aromatic heterocycles. The van der Waals surface area contributed by atoms with Crippen molar-refractivity contribution in [1.82, 2.24) is 0 Å². The van der Waals surface area contributed by atoms with Gasteiger partial charge in [-0.25, -0.2) is 4.79 Å². The zero-order valence-corrected chi connectivity index (χ0v) is 7.09. The van der Waals surface area contributed by atoms with Crippen molar-refractivity contribution in [2.45, 2.75) is 6.04 Å². The van der Waals surface area contributed by atoms with Gasteiger partial charge in [-0.2, -0.15) is 12.6 Å². The van der Waals surface area contributed by atoms with Gasteiger partial charge < -0.3 is 9.92 Å².